The summed E-state index contributed by atoms with van der Waals surface area (Å²) < 4.78 is 4.90. The van der Waals surface area contributed by atoms with Gasteiger partial charge in [0, 0.05) is 17.3 Å². The molecule has 0 aromatic heterocycles. The summed E-state index contributed by atoms with van der Waals surface area (Å²) in [7, 11) is 0. The van der Waals surface area contributed by atoms with Crippen molar-refractivity contribution in [2.24, 2.45) is 5.73 Å². The van der Waals surface area contributed by atoms with Gasteiger partial charge in [-0.1, -0.05) is 0 Å². The van der Waals surface area contributed by atoms with Gasteiger partial charge in [-0.25, -0.2) is 0 Å². The molecule has 1 aliphatic rings. The normalized spacial score (nSPS) is 23.9. The van der Waals surface area contributed by atoms with Crippen LogP contribution in [0.2, 0.25) is 0 Å². The lowest BCUT2D eigenvalue weighted by Crippen LogP contribution is -2.35. The molecule has 6 heteroatoms. The number of carbonyl (C=O) groups is 2. The lowest BCUT2D eigenvalue weighted by molar-refractivity contribution is -0.152. The average molecular weight is 235 g/mol. The molecule has 1 rings (SSSR count). The zero-order valence-electron chi connectivity index (χ0n) is 7.89. The standard InChI is InChI=1S/C8H13NO3S2/c1-5(7(9)10)12-8(11)6-4-13-2-3-14-6/h5-6H,2-4H2,1H3,(H2,9,10)/t5-,6+/m1/s1. The van der Waals surface area contributed by atoms with E-state index in [1.807, 2.05) is 0 Å². The van der Waals surface area contributed by atoms with Crippen LogP contribution in [0.3, 0.4) is 0 Å². The van der Waals surface area contributed by atoms with Gasteiger partial charge in [0.15, 0.2) is 6.10 Å². The number of hydrogen-bond donors (Lipinski definition) is 1. The van der Waals surface area contributed by atoms with E-state index in [9.17, 15) is 9.59 Å². The largest absolute Gasteiger partial charge is 0.452 e. The first kappa shape index (κ1) is 11.7. The molecular weight excluding hydrogens is 222 g/mol. The van der Waals surface area contributed by atoms with Crippen LogP contribution in [0.15, 0.2) is 0 Å². The van der Waals surface area contributed by atoms with E-state index in [0.29, 0.717) is 0 Å². The Morgan fingerprint density at radius 2 is 2.21 bits per heavy atom. The summed E-state index contributed by atoms with van der Waals surface area (Å²) in [6.07, 6.45) is -0.824. The monoisotopic (exact) mass is 235 g/mol. The smallest absolute Gasteiger partial charge is 0.320 e. The van der Waals surface area contributed by atoms with Gasteiger partial charge in [-0.15, -0.1) is 11.8 Å². The predicted molar refractivity (Wildman–Crippen MR) is 58.3 cm³/mol. The van der Waals surface area contributed by atoms with Gasteiger partial charge in [0.1, 0.15) is 5.25 Å². The van der Waals surface area contributed by atoms with Gasteiger partial charge in [0.05, 0.1) is 0 Å². The molecule has 14 heavy (non-hydrogen) atoms. The molecule has 1 fully saturated rings. The number of carbonyl (C=O) groups excluding carboxylic acids is 2. The van der Waals surface area contributed by atoms with Crippen molar-refractivity contribution in [1.82, 2.24) is 0 Å². The maximum absolute atomic E-state index is 11.4. The number of hydrogen-bond acceptors (Lipinski definition) is 5. The summed E-state index contributed by atoms with van der Waals surface area (Å²) in [5.41, 5.74) is 4.99. The molecule has 1 saturated heterocycles. The van der Waals surface area contributed by atoms with E-state index in [-0.39, 0.29) is 11.2 Å². The van der Waals surface area contributed by atoms with E-state index in [2.05, 4.69) is 0 Å². The van der Waals surface area contributed by atoms with Gasteiger partial charge >= 0.3 is 5.97 Å². The minimum absolute atomic E-state index is 0.143. The number of thioether (sulfide) groups is 2. The first-order valence-corrected chi connectivity index (χ1v) is 6.50. The molecule has 1 aliphatic heterocycles. The summed E-state index contributed by atoms with van der Waals surface area (Å²) in [5, 5.41) is -0.143. The second-order valence-electron chi connectivity index (χ2n) is 2.92. The molecule has 1 amide bonds. The van der Waals surface area contributed by atoms with E-state index < -0.39 is 12.0 Å². The van der Waals surface area contributed by atoms with E-state index in [4.69, 9.17) is 10.5 Å². The third kappa shape index (κ3) is 3.42. The van der Waals surface area contributed by atoms with Crippen LogP contribution in [-0.2, 0) is 14.3 Å². The minimum atomic E-state index is -0.824. The van der Waals surface area contributed by atoms with Gasteiger partial charge in [0.2, 0.25) is 0 Å². The Morgan fingerprint density at radius 1 is 1.50 bits per heavy atom. The van der Waals surface area contributed by atoms with Crippen molar-refractivity contribution in [1.29, 1.82) is 0 Å². The van der Waals surface area contributed by atoms with E-state index in [1.165, 1.54) is 6.92 Å². The SMILES string of the molecule is C[C@@H](OC(=O)[C@@H]1CSCCS1)C(N)=O. The van der Waals surface area contributed by atoms with Crippen LogP contribution in [0.25, 0.3) is 0 Å². The molecule has 0 radical (unpaired) electrons. The average Bonchev–Trinajstić information content (AvgIpc) is 2.19. The summed E-state index contributed by atoms with van der Waals surface area (Å²) in [6.45, 7) is 1.49. The van der Waals surface area contributed by atoms with Crippen LogP contribution in [0, 0.1) is 0 Å². The third-order valence-electron chi connectivity index (χ3n) is 1.77. The number of esters is 1. The lowest BCUT2D eigenvalue weighted by Gasteiger charge is -2.20. The molecule has 0 aliphatic carbocycles. The van der Waals surface area contributed by atoms with Crippen LogP contribution in [0.1, 0.15) is 6.92 Å². The maximum Gasteiger partial charge on any atom is 0.320 e. The van der Waals surface area contributed by atoms with Crippen molar-refractivity contribution in [3.8, 4) is 0 Å². The Hall–Kier alpha value is -0.360. The fraction of sp³-hybridized carbons (Fsp3) is 0.750. The highest BCUT2D eigenvalue weighted by Gasteiger charge is 2.26. The molecule has 0 unspecified atom stereocenters. The van der Waals surface area contributed by atoms with Gasteiger partial charge in [0.25, 0.3) is 5.91 Å². The molecule has 2 atom stereocenters. The van der Waals surface area contributed by atoms with Crippen LogP contribution in [-0.4, -0.2) is 40.5 Å². The van der Waals surface area contributed by atoms with Gasteiger partial charge in [-0.2, -0.15) is 11.8 Å². The van der Waals surface area contributed by atoms with Crippen LogP contribution in [0.4, 0.5) is 0 Å². The van der Waals surface area contributed by atoms with Crippen LogP contribution < -0.4 is 5.73 Å². The first-order valence-electron chi connectivity index (χ1n) is 4.30. The van der Waals surface area contributed by atoms with Crippen molar-refractivity contribution >= 4 is 35.4 Å². The van der Waals surface area contributed by atoms with Crippen molar-refractivity contribution < 1.29 is 14.3 Å². The molecule has 0 aromatic carbocycles. The molecular formula is C8H13NO3S2. The minimum Gasteiger partial charge on any atom is -0.452 e. The van der Waals surface area contributed by atoms with Crippen molar-refractivity contribution in [3.63, 3.8) is 0 Å². The maximum atomic E-state index is 11.4. The number of ether oxygens (including phenoxy) is 1. The van der Waals surface area contributed by atoms with Crippen LogP contribution >= 0.6 is 23.5 Å². The van der Waals surface area contributed by atoms with Gasteiger partial charge < -0.3 is 10.5 Å². The van der Waals surface area contributed by atoms with Crippen molar-refractivity contribution in [2.75, 3.05) is 17.3 Å². The number of rotatable bonds is 3. The van der Waals surface area contributed by atoms with Gasteiger partial charge in [-0.05, 0) is 6.92 Å². The third-order valence-corrected chi connectivity index (χ3v) is 4.50. The summed E-state index contributed by atoms with van der Waals surface area (Å²) in [4.78, 5) is 22.1. The highest BCUT2D eigenvalue weighted by atomic mass is 32.2. The second kappa shape index (κ2) is 5.50. The summed E-state index contributed by atoms with van der Waals surface area (Å²) in [6, 6.07) is 0. The Morgan fingerprint density at radius 3 is 2.71 bits per heavy atom. The Balaban J connectivity index is 2.36. The molecule has 2 N–H and O–H groups in total. The molecule has 0 spiro atoms. The van der Waals surface area contributed by atoms with E-state index in [0.717, 1.165) is 17.3 Å². The fourth-order valence-electron chi connectivity index (χ4n) is 0.932. The quantitative estimate of drug-likeness (QED) is 0.710. The highest BCUT2D eigenvalue weighted by molar-refractivity contribution is 8.07. The van der Waals surface area contributed by atoms with Crippen molar-refractivity contribution in [2.45, 2.75) is 18.3 Å². The number of amides is 1. The first-order chi connectivity index (χ1) is 6.61. The molecule has 4 nitrogen and oxygen atoms in total. The Kier molecular flexibility index (Phi) is 4.60. The molecule has 0 aromatic rings. The molecule has 0 bridgehead atoms. The van der Waals surface area contributed by atoms with Gasteiger partial charge in [-0.3, -0.25) is 9.59 Å². The highest BCUT2D eigenvalue weighted by Crippen LogP contribution is 2.25. The van der Waals surface area contributed by atoms with Crippen LogP contribution in [0.5, 0.6) is 0 Å². The molecule has 0 saturated carbocycles. The Labute approximate surface area is 91.3 Å². The number of nitrogens with two attached hydrogens (primary N) is 1. The fourth-order valence-corrected chi connectivity index (χ4v) is 3.45. The molecule has 80 valence electrons. The van der Waals surface area contributed by atoms with Crippen molar-refractivity contribution in [3.05, 3.63) is 0 Å². The topological polar surface area (TPSA) is 69.4 Å². The number of primary amides is 1. The van der Waals surface area contributed by atoms with E-state index >= 15 is 0 Å². The summed E-state index contributed by atoms with van der Waals surface area (Å²) >= 11 is 3.31. The zero-order chi connectivity index (χ0) is 10.6. The van der Waals surface area contributed by atoms with E-state index in [1.54, 1.807) is 23.5 Å². The molecule has 1 heterocycles. The lowest BCUT2D eigenvalue weighted by atomic mass is 10.4. The Bertz CT molecular complexity index is 229. The summed E-state index contributed by atoms with van der Waals surface area (Å²) in [5.74, 6) is 1.85. The second-order valence-corrected chi connectivity index (χ2v) is 5.38. The predicted octanol–water partition coefficient (Wildman–Crippen LogP) is 0.252. The zero-order valence-corrected chi connectivity index (χ0v) is 9.53.